The van der Waals surface area contributed by atoms with Crippen molar-refractivity contribution >= 4 is 17.4 Å². The number of carbonyl (C=O) groups excluding carboxylic acids is 1. The number of pyridine rings is 1. The van der Waals surface area contributed by atoms with E-state index in [2.05, 4.69) is 10.3 Å². The van der Waals surface area contributed by atoms with E-state index in [9.17, 15) is 4.79 Å². The molecule has 0 spiro atoms. The number of rotatable bonds is 7. The molecule has 0 radical (unpaired) electrons. The van der Waals surface area contributed by atoms with E-state index in [-0.39, 0.29) is 25.7 Å². The van der Waals surface area contributed by atoms with Crippen LogP contribution < -0.4 is 16.0 Å². The Kier molecular flexibility index (Phi) is 6.06. The predicted octanol–water partition coefficient (Wildman–Crippen LogP) is -1.23. The van der Waals surface area contributed by atoms with Crippen molar-refractivity contribution in [1.82, 2.24) is 4.98 Å². The SMILES string of the molecule is NCC(=O)Nc1ccc(N(CCO)CCO)cn1. The van der Waals surface area contributed by atoms with Crippen LogP contribution in [0.4, 0.5) is 11.5 Å². The fourth-order valence-electron chi connectivity index (χ4n) is 1.45. The van der Waals surface area contributed by atoms with Gasteiger partial charge in [0.2, 0.25) is 5.91 Å². The fraction of sp³-hybridized carbons (Fsp3) is 0.455. The first kappa shape index (κ1) is 14.4. The highest BCUT2D eigenvalue weighted by Crippen LogP contribution is 2.14. The average Bonchev–Trinajstić information content (AvgIpc) is 2.39. The molecule has 0 aliphatic rings. The smallest absolute Gasteiger partial charge is 0.239 e. The summed E-state index contributed by atoms with van der Waals surface area (Å²) in [5.41, 5.74) is 5.94. The number of hydrogen-bond donors (Lipinski definition) is 4. The van der Waals surface area contributed by atoms with Crippen molar-refractivity contribution in [3.05, 3.63) is 18.3 Å². The largest absolute Gasteiger partial charge is 0.395 e. The zero-order valence-corrected chi connectivity index (χ0v) is 10.0. The molecule has 18 heavy (non-hydrogen) atoms. The fourth-order valence-corrected chi connectivity index (χ4v) is 1.45. The lowest BCUT2D eigenvalue weighted by molar-refractivity contribution is -0.114. The second-order valence-corrected chi connectivity index (χ2v) is 3.59. The Morgan fingerprint density at radius 1 is 1.33 bits per heavy atom. The minimum Gasteiger partial charge on any atom is -0.395 e. The molecule has 0 unspecified atom stereocenters. The first-order valence-electron chi connectivity index (χ1n) is 5.64. The number of nitrogens with one attached hydrogen (secondary N) is 1. The standard InChI is InChI=1S/C11H18N4O3/c12-7-11(18)14-10-2-1-9(8-13-10)15(3-5-16)4-6-17/h1-2,8,16-17H,3-7,12H2,(H,13,14,18). The number of carbonyl (C=O) groups is 1. The molecule has 0 saturated heterocycles. The molecule has 1 aromatic heterocycles. The molecule has 0 aliphatic carbocycles. The molecule has 0 aliphatic heterocycles. The van der Waals surface area contributed by atoms with Crippen LogP contribution in [0.25, 0.3) is 0 Å². The van der Waals surface area contributed by atoms with Gasteiger partial charge in [-0.25, -0.2) is 4.98 Å². The van der Waals surface area contributed by atoms with Crippen molar-refractivity contribution in [2.45, 2.75) is 0 Å². The van der Waals surface area contributed by atoms with Gasteiger partial charge >= 0.3 is 0 Å². The summed E-state index contributed by atoms with van der Waals surface area (Å²) in [7, 11) is 0. The van der Waals surface area contributed by atoms with Gasteiger partial charge in [-0.3, -0.25) is 4.79 Å². The van der Waals surface area contributed by atoms with Crippen molar-refractivity contribution < 1.29 is 15.0 Å². The van der Waals surface area contributed by atoms with Gasteiger partial charge in [-0.1, -0.05) is 0 Å². The zero-order chi connectivity index (χ0) is 13.4. The molecule has 0 atom stereocenters. The molecular formula is C11H18N4O3. The Labute approximate surface area is 105 Å². The van der Waals surface area contributed by atoms with Gasteiger partial charge in [-0.05, 0) is 12.1 Å². The maximum atomic E-state index is 11.1. The Morgan fingerprint density at radius 2 is 2.00 bits per heavy atom. The molecule has 1 aromatic rings. The zero-order valence-electron chi connectivity index (χ0n) is 10.0. The summed E-state index contributed by atoms with van der Waals surface area (Å²) in [6, 6.07) is 3.40. The lowest BCUT2D eigenvalue weighted by atomic mass is 10.3. The van der Waals surface area contributed by atoms with E-state index in [1.807, 2.05) is 0 Å². The Morgan fingerprint density at radius 3 is 2.44 bits per heavy atom. The van der Waals surface area contributed by atoms with Crippen LogP contribution in [0.1, 0.15) is 0 Å². The van der Waals surface area contributed by atoms with Crippen LogP contribution in [0.5, 0.6) is 0 Å². The van der Waals surface area contributed by atoms with Gasteiger partial charge in [-0.15, -0.1) is 0 Å². The van der Waals surface area contributed by atoms with E-state index in [0.29, 0.717) is 18.9 Å². The monoisotopic (exact) mass is 254 g/mol. The van der Waals surface area contributed by atoms with Crippen LogP contribution in [-0.2, 0) is 4.79 Å². The highest BCUT2D eigenvalue weighted by molar-refractivity contribution is 5.91. The van der Waals surface area contributed by atoms with Gasteiger partial charge in [0.05, 0.1) is 31.6 Å². The third-order valence-corrected chi connectivity index (χ3v) is 2.31. The summed E-state index contributed by atoms with van der Waals surface area (Å²) in [5, 5.41) is 20.4. The summed E-state index contributed by atoms with van der Waals surface area (Å²) < 4.78 is 0. The molecule has 100 valence electrons. The number of hydrogen-bond acceptors (Lipinski definition) is 6. The summed E-state index contributed by atoms with van der Waals surface area (Å²) in [6.07, 6.45) is 1.57. The normalized spacial score (nSPS) is 10.2. The van der Waals surface area contributed by atoms with Crippen LogP contribution in [0.15, 0.2) is 18.3 Å². The van der Waals surface area contributed by atoms with Crippen molar-refractivity contribution in [3.8, 4) is 0 Å². The highest BCUT2D eigenvalue weighted by atomic mass is 16.3. The van der Waals surface area contributed by atoms with Crippen molar-refractivity contribution in [1.29, 1.82) is 0 Å². The van der Waals surface area contributed by atoms with Crippen LogP contribution in [0, 0.1) is 0 Å². The minimum atomic E-state index is -0.308. The highest BCUT2D eigenvalue weighted by Gasteiger charge is 2.06. The van der Waals surface area contributed by atoms with Crippen LogP contribution in [0.2, 0.25) is 0 Å². The Hall–Kier alpha value is -1.70. The van der Waals surface area contributed by atoms with E-state index in [4.69, 9.17) is 15.9 Å². The van der Waals surface area contributed by atoms with Crippen molar-refractivity contribution in [3.63, 3.8) is 0 Å². The molecule has 0 fully saturated rings. The first-order chi connectivity index (χ1) is 8.71. The summed E-state index contributed by atoms with van der Waals surface area (Å²) in [5.74, 6) is 0.111. The van der Waals surface area contributed by atoms with Gasteiger partial charge in [0.1, 0.15) is 5.82 Å². The van der Waals surface area contributed by atoms with E-state index >= 15 is 0 Å². The van der Waals surface area contributed by atoms with Gasteiger partial charge in [0.25, 0.3) is 0 Å². The van der Waals surface area contributed by atoms with Crippen LogP contribution in [0.3, 0.4) is 0 Å². The van der Waals surface area contributed by atoms with Gasteiger partial charge in [0, 0.05) is 13.1 Å². The predicted molar refractivity (Wildman–Crippen MR) is 68.3 cm³/mol. The molecule has 1 rings (SSSR count). The molecule has 5 N–H and O–H groups in total. The molecule has 0 saturated carbocycles. The number of aliphatic hydroxyl groups is 2. The van der Waals surface area contributed by atoms with Crippen molar-refractivity contribution in [2.24, 2.45) is 5.73 Å². The van der Waals surface area contributed by atoms with Crippen LogP contribution >= 0.6 is 0 Å². The third-order valence-electron chi connectivity index (χ3n) is 2.31. The minimum absolute atomic E-state index is 0.00827. The van der Waals surface area contributed by atoms with E-state index in [1.54, 1.807) is 23.2 Å². The van der Waals surface area contributed by atoms with E-state index in [1.165, 1.54) is 0 Å². The average molecular weight is 254 g/mol. The Balaban J connectivity index is 2.70. The Bertz CT molecular complexity index is 363. The summed E-state index contributed by atoms with van der Waals surface area (Å²) in [6.45, 7) is 0.718. The van der Waals surface area contributed by atoms with Gasteiger partial charge in [-0.2, -0.15) is 0 Å². The molecular weight excluding hydrogens is 236 g/mol. The maximum absolute atomic E-state index is 11.1. The summed E-state index contributed by atoms with van der Waals surface area (Å²) >= 11 is 0. The van der Waals surface area contributed by atoms with Gasteiger partial charge < -0.3 is 26.2 Å². The third kappa shape index (κ3) is 4.28. The van der Waals surface area contributed by atoms with Crippen molar-refractivity contribution in [2.75, 3.05) is 43.1 Å². The number of aromatic nitrogens is 1. The van der Waals surface area contributed by atoms with Crippen LogP contribution in [-0.4, -0.2) is 54.0 Å². The topological polar surface area (TPSA) is 112 Å². The number of nitrogens with two attached hydrogens (primary N) is 1. The van der Waals surface area contributed by atoms with E-state index in [0.717, 1.165) is 5.69 Å². The second kappa shape index (κ2) is 7.59. The first-order valence-corrected chi connectivity index (χ1v) is 5.64. The molecule has 0 aromatic carbocycles. The second-order valence-electron chi connectivity index (χ2n) is 3.59. The molecule has 0 bridgehead atoms. The quantitative estimate of drug-likeness (QED) is 0.485. The lowest BCUT2D eigenvalue weighted by Crippen LogP contribution is -2.29. The number of aliphatic hydroxyl groups excluding tert-OH is 2. The molecule has 1 amide bonds. The number of amides is 1. The number of anilines is 2. The summed E-state index contributed by atoms with van der Waals surface area (Å²) in [4.78, 5) is 16.9. The number of nitrogens with zero attached hydrogens (tertiary/aromatic N) is 2. The van der Waals surface area contributed by atoms with Gasteiger partial charge in [0.15, 0.2) is 0 Å². The van der Waals surface area contributed by atoms with E-state index < -0.39 is 0 Å². The molecule has 1 heterocycles. The molecule has 7 heteroatoms. The maximum Gasteiger partial charge on any atom is 0.239 e. The molecule has 7 nitrogen and oxygen atoms in total. The lowest BCUT2D eigenvalue weighted by Gasteiger charge is -2.22.